The van der Waals surface area contributed by atoms with Gasteiger partial charge >= 0.3 is 0 Å². The van der Waals surface area contributed by atoms with Gasteiger partial charge in [-0.05, 0) is 25.7 Å². The van der Waals surface area contributed by atoms with Gasteiger partial charge in [0.1, 0.15) is 5.78 Å². The topological polar surface area (TPSA) is 72.6 Å². The van der Waals surface area contributed by atoms with Crippen molar-refractivity contribution in [2.24, 2.45) is 17.6 Å². The summed E-state index contributed by atoms with van der Waals surface area (Å²) in [6, 6.07) is 0.348. The van der Waals surface area contributed by atoms with E-state index in [4.69, 9.17) is 11.0 Å². The smallest absolute Gasteiger partial charge is 0.138 e. The van der Waals surface area contributed by atoms with Crippen LogP contribution in [0.2, 0.25) is 0 Å². The number of rotatable bonds is 2. The fraction of sp³-hybridized carbons (Fsp3) is 0.909. The Kier molecular flexibility index (Phi) is 7.56. The number of hydrogen-bond acceptors (Lipinski definition) is 4. The van der Waals surface area contributed by atoms with Crippen LogP contribution in [-0.2, 0) is 9.68 Å². The molecule has 0 bridgehead atoms. The summed E-state index contributed by atoms with van der Waals surface area (Å²) in [4.78, 5) is 14.8. The fourth-order valence-electron chi connectivity index (χ4n) is 1.88. The summed E-state index contributed by atoms with van der Waals surface area (Å²) >= 11 is 0. The molecule has 92 valence electrons. The SMILES string of the molecule is CC(C)C(=O)C1CCC(N)CC1.COO.[HH]. The highest BCUT2D eigenvalue weighted by molar-refractivity contribution is 5.82. The maximum atomic E-state index is 11.6. The third kappa shape index (κ3) is 5.87. The highest BCUT2D eigenvalue weighted by Crippen LogP contribution is 2.25. The van der Waals surface area contributed by atoms with Gasteiger partial charge in [-0.1, -0.05) is 13.8 Å². The van der Waals surface area contributed by atoms with Crippen molar-refractivity contribution in [1.82, 2.24) is 0 Å². The molecule has 0 aromatic rings. The molecule has 0 saturated heterocycles. The zero-order chi connectivity index (χ0) is 11.8. The normalized spacial score (nSPS) is 25.7. The Morgan fingerprint density at radius 1 is 1.40 bits per heavy atom. The summed E-state index contributed by atoms with van der Waals surface area (Å²) < 4.78 is 0. The van der Waals surface area contributed by atoms with Gasteiger partial charge < -0.3 is 5.73 Å². The first kappa shape index (κ1) is 14.6. The van der Waals surface area contributed by atoms with Crippen molar-refractivity contribution in [3.63, 3.8) is 0 Å². The molecule has 1 saturated carbocycles. The number of carbonyl (C=O) groups excluding carboxylic acids is 1. The number of nitrogens with two attached hydrogens (primary N) is 1. The minimum absolute atomic E-state index is 0. The molecule has 15 heavy (non-hydrogen) atoms. The van der Waals surface area contributed by atoms with E-state index in [9.17, 15) is 4.79 Å². The van der Waals surface area contributed by atoms with Gasteiger partial charge in [-0.2, -0.15) is 0 Å². The van der Waals surface area contributed by atoms with Crippen molar-refractivity contribution in [3.8, 4) is 0 Å². The molecule has 0 radical (unpaired) electrons. The Hall–Kier alpha value is -0.450. The molecule has 0 spiro atoms. The number of carbonyl (C=O) groups is 1. The van der Waals surface area contributed by atoms with E-state index in [0.29, 0.717) is 17.7 Å². The lowest BCUT2D eigenvalue weighted by Gasteiger charge is -2.26. The van der Waals surface area contributed by atoms with Crippen molar-refractivity contribution >= 4 is 5.78 Å². The lowest BCUT2D eigenvalue weighted by Crippen LogP contribution is -2.31. The molecule has 0 aliphatic heterocycles. The van der Waals surface area contributed by atoms with Crippen LogP contribution in [0.5, 0.6) is 0 Å². The quantitative estimate of drug-likeness (QED) is 0.551. The second kappa shape index (κ2) is 7.79. The van der Waals surface area contributed by atoms with Gasteiger partial charge in [0, 0.05) is 19.3 Å². The molecular formula is C11H25NO3. The predicted octanol–water partition coefficient (Wildman–Crippen LogP) is 2.08. The van der Waals surface area contributed by atoms with E-state index in [1.807, 2.05) is 13.8 Å². The molecular weight excluding hydrogens is 194 g/mol. The van der Waals surface area contributed by atoms with E-state index in [2.05, 4.69) is 4.89 Å². The van der Waals surface area contributed by atoms with Crippen LogP contribution in [0, 0.1) is 11.8 Å². The van der Waals surface area contributed by atoms with Crippen LogP contribution in [0.4, 0.5) is 0 Å². The molecule has 4 nitrogen and oxygen atoms in total. The summed E-state index contributed by atoms with van der Waals surface area (Å²) in [5.74, 6) is 0.941. The van der Waals surface area contributed by atoms with Gasteiger partial charge in [-0.25, -0.2) is 4.89 Å². The van der Waals surface area contributed by atoms with Crippen LogP contribution < -0.4 is 5.73 Å². The van der Waals surface area contributed by atoms with E-state index in [-0.39, 0.29) is 7.34 Å². The second-order valence-electron chi connectivity index (χ2n) is 4.35. The first-order valence-electron chi connectivity index (χ1n) is 5.49. The van der Waals surface area contributed by atoms with Crippen molar-refractivity contribution in [2.45, 2.75) is 45.6 Å². The van der Waals surface area contributed by atoms with Crippen molar-refractivity contribution in [3.05, 3.63) is 0 Å². The number of ketones is 1. The second-order valence-corrected chi connectivity index (χ2v) is 4.35. The van der Waals surface area contributed by atoms with Crippen molar-refractivity contribution < 1.29 is 16.4 Å². The molecule has 0 amide bonds. The van der Waals surface area contributed by atoms with Crippen LogP contribution in [0.3, 0.4) is 0 Å². The average Bonchev–Trinajstić information content (AvgIpc) is 2.19. The molecule has 0 atom stereocenters. The zero-order valence-electron chi connectivity index (χ0n) is 9.90. The Bertz CT molecular complexity index is 180. The van der Waals surface area contributed by atoms with E-state index in [0.717, 1.165) is 25.7 Å². The lowest BCUT2D eigenvalue weighted by atomic mass is 9.81. The molecule has 1 aliphatic carbocycles. The van der Waals surface area contributed by atoms with Gasteiger partial charge in [0.15, 0.2) is 0 Å². The van der Waals surface area contributed by atoms with Gasteiger partial charge in [0.2, 0.25) is 0 Å². The Morgan fingerprint density at radius 2 is 1.80 bits per heavy atom. The minimum Gasteiger partial charge on any atom is -0.328 e. The third-order valence-electron chi connectivity index (χ3n) is 2.74. The summed E-state index contributed by atoms with van der Waals surface area (Å²) in [5, 5.41) is 7.07. The summed E-state index contributed by atoms with van der Waals surface area (Å²) in [5.41, 5.74) is 5.76. The first-order chi connectivity index (χ1) is 7.02. The molecule has 1 rings (SSSR count). The van der Waals surface area contributed by atoms with Crippen LogP contribution >= 0.6 is 0 Å². The van der Waals surface area contributed by atoms with Gasteiger partial charge in [0.25, 0.3) is 0 Å². The zero-order valence-corrected chi connectivity index (χ0v) is 9.90. The molecule has 0 aromatic carbocycles. The Balaban J connectivity index is 0. The van der Waals surface area contributed by atoms with Crippen LogP contribution in [0.25, 0.3) is 0 Å². The lowest BCUT2D eigenvalue weighted by molar-refractivity contribution is -0.214. The molecule has 4 heteroatoms. The Morgan fingerprint density at radius 3 is 2.13 bits per heavy atom. The summed E-state index contributed by atoms with van der Waals surface area (Å²) in [6.07, 6.45) is 4.09. The largest absolute Gasteiger partial charge is 0.328 e. The predicted molar refractivity (Wildman–Crippen MR) is 61.5 cm³/mol. The van der Waals surface area contributed by atoms with E-state index >= 15 is 0 Å². The van der Waals surface area contributed by atoms with Gasteiger partial charge in [-0.15, -0.1) is 0 Å². The molecule has 0 aromatic heterocycles. The molecule has 1 aliphatic rings. The standard InChI is InChI=1S/C10H19NO.CH4O2.H2/c1-7(2)10(12)8-3-5-9(11)6-4-8;1-3-2;/h7-9H,3-6,11H2,1-2H3;2H,1H3;1H. The molecule has 0 unspecified atom stereocenters. The highest BCUT2D eigenvalue weighted by atomic mass is 17.1. The first-order valence-corrected chi connectivity index (χ1v) is 5.49. The average molecular weight is 219 g/mol. The summed E-state index contributed by atoms with van der Waals surface area (Å²) in [6.45, 7) is 3.97. The Labute approximate surface area is 93.2 Å². The van der Waals surface area contributed by atoms with Crippen molar-refractivity contribution in [2.75, 3.05) is 7.11 Å². The highest BCUT2D eigenvalue weighted by Gasteiger charge is 2.25. The molecule has 3 N–H and O–H groups in total. The van der Waals surface area contributed by atoms with E-state index in [1.165, 1.54) is 7.11 Å². The van der Waals surface area contributed by atoms with E-state index in [1.54, 1.807) is 0 Å². The number of Topliss-reactive ketones (excluding diaryl/α,β-unsaturated/α-hetero) is 1. The van der Waals surface area contributed by atoms with Crippen molar-refractivity contribution in [1.29, 1.82) is 0 Å². The molecule has 1 fully saturated rings. The van der Waals surface area contributed by atoms with Gasteiger partial charge in [-0.3, -0.25) is 10.1 Å². The maximum absolute atomic E-state index is 11.6. The number of hydrogen-bond donors (Lipinski definition) is 2. The maximum Gasteiger partial charge on any atom is 0.138 e. The minimum atomic E-state index is 0. The molecule has 0 heterocycles. The van der Waals surface area contributed by atoms with Crippen LogP contribution in [0.15, 0.2) is 0 Å². The third-order valence-corrected chi connectivity index (χ3v) is 2.74. The summed E-state index contributed by atoms with van der Waals surface area (Å²) in [7, 11) is 1.18. The monoisotopic (exact) mass is 219 g/mol. The van der Waals surface area contributed by atoms with E-state index < -0.39 is 0 Å². The van der Waals surface area contributed by atoms with Crippen LogP contribution in [0.1, 0.15) is 41.0 Å². The van der Waals surface area contributed by atoms with Crippen LogP contribution in [-0.4, -0.2) is 24.2 Å². The fourth-order valence-corrected chi connectivity index (χ4v) is 1.88. The van der Waals surface area contributed by atoms with Gasteiger partial charge in [0.05, 0.1) is 7.11 Å².